The summed E-state index contributed by atoms with van der Waals surface area (Å²) in [5.41, 5.74) is 4.48. The molecule has 0 bridgehead atoms. The number of anilines is 3. The van der Waals surface area contributed by atoms with Gasteiger partial charge in [-0.2, -0.15) is 0 Å². The second kappa shape index (κ2) is 6.69. The molecule has 11 N–H and O–H groups in total. The number of carboxylic acid groups (broad SMARTS) is 2. The van der Waals surface area contributed by atoms with Crippen LogP contribution in [0.25, 0.3) is 11.4 Å². The average Bonchev–Trinajstić information content (AvgIpc) is 2.59. The van der Waals surface area contributed by atoms with Crippen LogP contribution in [0.4, 0.5) is 17.1 Å². The number of rotatable bonds is 6. The fraction of sp³-hybridized carbons (Fsp3) is 0. The molecule has 24 heavy (non-hydrogen) atoms. The first-order valence-electron chi connectivity index (χ1n) is 6.20. The third-order valence-electron chi connectivity index (χ3n) is 3.08. The zero-order chi connectivity index (χ0) is 17.9. The molecule has 13 heteroatoms. The molecule has 0 aliphatic carbocycles. The molecule has 1 aromatic heterocycles. The van der Waals surface area contributed by atoms with Gasteiger partial charge in [-0.3, -0.25) is 17.5 Å². The second-order valence-electron chi connectivity index (χ2n) is 4.26. The first-order chi connectivity index (χ1) is 11.5. The predicted molar refractivity (Wildman–Crippen MR) is 82.6 cm³/mol. The lowest BCUT2D eigenvalue weighted by Gasteiger charge is -2.21. The van der Waals surface area contributed by atoms with Gasteiger partial charge in [0.2, 0.25) is 0 Å². The number of hydrogen-bond acceptors (Lipinski definition) is 11. The normalized spacial score (nSPS) is 10.1. The van der Waals surface area contributed by atoms with Gasteiger partial charge in [0.05, 0.1) is 28.2 Å². The van der Waals surface area contributed by atoms with Crippen molar-refractivity contribution in [1.82, 2.24) is 15.0 Å². The van der Waals surface area contributed by atoms with Crippen molar-refractivity contribution in [2.45, 2.75) is 0 Å². The van der Waals surface area contributed by atoms with Crippen LogP contribution in [0.2, 0.25) is 0 Å². The summed E-state index contributed by atoms with van der Waals surface area (Å²) in [6, 6.07) is 0. The fourth-order valence-corrected chi connectivity index (χ4v) is 2.20. The van der Waals surface area contributed by atoms with Crippen LogP contribution in [0.1, 0.15) is 20.7 Å². The van der Waals surface area contributed by atoms with Crippen molar-refractivity contribution < 1.29 is 19.8 Å². The largest absolute Gasteiger partial charge is 0.478 e. The van der Waals surface area contributed by atoms with Crippen molar-refractivity contribution in [3.8, 4) is 11.4 Å². The number of nitrogen functional groups attached to an aromatic ring is 3. The third-order valence-corrected chi connectivity index (χ3v) is 3.08. The number of carboxylic acids is 2. The van der Waals surface area contributed by atoms with Crippen LogP contribution < -0.4 is 33.8 Å². The maximum absolute atomic E-state index is 11.7. The Morgan fingerprint density at radius 1 is 0.833 bits per heavy atom. The first kappa shape index (κ1) is 16.8. The lowest BCUT2D eigenvalue weighted by Crippen LogP contribution is -2.24. The molecule has 0 fully saturated rings. The van der Waals surface area contributed by atoms with E-state index in [1.165, 1.54) is 0 Å². The molecule has 1 aromatic carbocycles. The highest BCUT2D eigenvalue weighted by Gasteiger charge is 2.31. The van der Waals surface area contributed by atoms with E-state index >= 15 is 0 Å². The van der Waals surface area contributed by atoms with E-state index in [1.807, 2.05) is 0 Å². The number of aromatic nitrogens is 3. The van der Waals surface area contributed by atoms with Crippen molar-refractivity contribution in [2.24, 2.45) is 17.5 Å². The number of benzene rings is 1. The van der Waals surface area contributed by atoms with Gasteiger partial charge in [-0.15, -0.1) is 0 Å². The van der Waals surface area contributed by atoms with Crippen molar-refractivity contribution in [1.29, 1.82) is 0 Å². The molecule has 126 valence electrons. The Morgan fingerprint density at radius 3 is 1.71 bits per heavy atom. The Hall–Kier alpha value is -3.55. The van der Waals surface area contributed by atoms with Gasteiger partial charge in [0.15, 0.2) is 5.82 Å². The summed E-state index contributed by atoms with van der Waals surface area (Å²) >= 11 is 0. The number of hydrazine groups is 3. The van der Waals surface area contributed by atoms with Crippen LogP contribution >= 0.6 is 0 Å². The van der Waals surface area contributed by atoms with E-state index in [2.05, 4.69) is 31.2 Å². The predicted octanol–water partition coefficient (Wildman–Crippen LogP) is -1.21. The van der Waals surface area contributed by atoms with Gasteiger partial charge in [0.1, 0.15) is 18.2 Å². The summed E-state index contributed by atoms with van der Waals surface area (Å²) in [5, 5.41) is 19.0. The van der Waals surface area contributed by atoms with Crippen LogP contribution in [0.5, 0.6) is 0 Å². The van der Waals surface area contributed by atoms with Crippen LogP contribution in [0.3, 0.4) is 0 Å². The molecule has 0 aliphatic rings. The maximum Gasteiger partial charge on any atom is 0.340 e. The van der Waals surface area contributed by atoms with Crippen LogP contribution in [-0.2, 0) is 0 Å². The lowest BCUT2D eigenvalue weighted by atomic mass is 9.95. The molecule has 0 spiro atoms. The van der Waals surface area contributed by atoms with Gasteiger partial charge in [-0.25, -0.2) is 24.5 Å². The zero-order valence-electron chi connectivity index (χ0n) is 11.9. The molecule has 1 heterocycles. The molecule has 0 unspecified atom stereocenters. The number of nitrogens with one attached hydrogen (secondary N) is 3. The van der Waals surface area contributed by atoms with E-state index in [1.54, 1.807) is 0 Å². The number of carbonyl (C=O) groups is 2. The van der Waals surface area contributed by atoms with Crippen molar-refractivity contribution in [2.75, 3.05) is 16.3 Å². The van der Waals surface area contributed by atoms with Crippen molar-refractivity contribution >= 4 is 29.0 Å². The van der Waals surface area contributed by atoms with Crippen molar-refractivity contribution in [3.05, 3.63) is 23.8 Å². The highest BCUT2D eigenvalue weighted by Crippen LogP contribution is 2.42. The smallest absolute Gasteiger partial charge is 0.340 e. The molecule has 0 atom stereocenters. The quantitative estimate of drug-likeness (QED) is 0.229. The zero-order valence-corrected chi connectivity index (χ0v) is 11.9. The van der Waals surface area contributed by atoms with Gasteiger partial charge in [-0.1, -0.05) is 0 Å². The van der Waals surface area contributed by atoms with E-state index in [4.69, 9.17) is 17.5 Å². The summed E-state index contributed by atoms with van der Waals surface area (Å²) in [4.78, 5) is 34.7. The Labute approximate surface area is 133 Å². The van der Waals surface area contributed by atoms with E-state index in [-0.39, 0.29) is 28.5 Å². The highest BCUT2D eigenvalue weighted by molar-refractivity contribution is 6.15. The second-order valence-corrected chi connectivity index (χ2v) is 4.26. The number of nitrogens with two attached hydrogens (primary N) is 3. The Bertz CT molecular complexity index is 796. The molecule has 0 amide bonds. The maximum atomic E-state index is 11.7. The van der Waals surface area contributed by atoms with E-state index in [0.29, 0.717) is 0 Å². The van der Waals surface area contributed by atoms with Crippen LogP contribution in [0.15, 0.2) is 12.7 Å². The first-order valence-corrected chi connectivity index (χ1v) is 6.20. The minimum absolute atomic E-state index is 0.127. The standard InChI is InChI=1S/C11H13N9O4/c12-18-6-3(9-16-1-15-2-17-9)4(10(21)22)7(19-13)8(20-14)5(6)11(23)24/h1-2,18-20H,12-14H2,(H,21,22)(H,23,24). The Kier molecular flexibility index (Phi) is 4.69. The average molecular weight is 335 g/mol. The SMILES string of the molecule is NNc1c(NN)c(C(=O)O)c(-c2ncncn2)c(NN)c1C(=O)O. The fourth-order valence-electron chi connectivity index (χ4n) is 2.20. The number of nitrogens with zero attached hydrogens (tertiary/aromatic N) is 3. The van der Waals surface area contributed by atoms with Crippen LogP contribution in [0, 0.1) is 0 Å². The molecule has 0 saturated heterocycles. The van der Waals surface area contributed by atoms with Gasteiger partial charge >= 0.3 is 11.9 Å². The number of hydrogen-bond donors (Lipinski definition) is 8. The van der Waals surface area contributed by atoms with E-state index < -0.39 is 23.1 Å². The summed E-state index contributed by atoms with van der Waals surface area (Å²) < 4.78 is 0. The molecule has 2 aromatic rings. The van der Waals surface area contributed by atoms with E-state index in [0.717, 1.165) is 12.7 Å². The van der Waals surface area contributed by atoms with E-state index in [9.17, 15) is 19.8 Å². The molecule has 13 nitrogen and oxygen atoms in total. The van der Waals surface area contributed by atoms with Gasteiger partial charge in [0.25, 0.3) is 0 Å². The minimum atomic E-state index is -1.44. The molecule has 2 rings (SSSR count). The summed E-state index contributed by atoms with van der Waals surface area (Å²) in [7, 11) is 0. The molecule has 0 radical (unpaired) electrons. The highest BCUT2D eigenvalue weighted by atomic mass is 16.4. The minimum Gasteiger partial charge on any atom is -0.478 e. The summed E-state index contributed by atoms with van der Waals surface area (Å²) in [6.07, 6.45) is 2.22. The third kappa shape index (κ3) is 2.60. The topological polar surface area (TPSA) is 227 Å². The number of aromatic carboxylic acids is 2. The Morgan fingerprint density at radius 2 is 1.29 bits per heavy atom. The molecule has 0 saturated carbocycles. The summed E-state index contributed by atoms with van der Waals surface area (Å²) in [6.45, 7) is 0. The molecular formula is C11H13N9O4. The van der Waals surface area contributed by atoms with Gasteiger partial charge < -0.3 is 26.5 Å². The molecular weight excluding hydrogens is 322 g/mol. The van der Waals surface area contributed by atoms with Gasteiger partial charge in [0, 0.05) is 0 Å². The van der Waals surface area contributed by atoms with Gasteiger partial charge in [-0.05, 0) is 0 Å². The molecule has 0 aliphatic heterocycles. The lowest BCUT2D eigenvalue weighted by molar-refractivity contribution is 0.0684. The Balaban J connectivity index is 3.08. The van der Waals surface area contributed by atoms with Crippen LogP contribution in [-0.4, -0.2) is 37.1 Å². The monoisotopic (exact) mass is 335 g/mol. The summed E-state index contributed by atoms with van der Waals surface area (Å²) in [5.74, 6) is 13.1. The van der Waals surface area contributed by atoms with Crippen molar-refractivity contribution in [3.63, 3.8) is 0 Å².